The molecule has 1 aliphatic heterocycles. The van der Waals surface area contributed by atoms with Crippen LogP contribution in [-0.2, 0) is 0 Å². The van der Waals surface area contributed by atoms with Crippen LogP contribution in [-0.4, -0.2) is 31.7 Å². The second kappa shape index (κ2) is 6.05. The molecule has 0 aromatic heterocycles. The zero-order chi connectivity index (χ0) is 15.5. The van der Waals surface area contributed by atoms with E-state index in [0.29, 0.717) is 13.0 Å². The second-order valence-corrected chi connectivity index (χ2v) is 5.18. The molecule has 1 unspecified atom stereocenters. The van der Waals surface area contributed by atoms with Crippen LogP contribution in [0.3, 0.4) is 0 Å². The second-order valence-electron chi connectivity index (χ2n) is 5.18. The lowest BCUT2D eigenvalue weighted by Gasteiger charge is -2.29. The van der Waals surface area contributed by atoms with E-state index < -0.39 is 17.4 Å². The minimum Gasteiger partial charge on any atom is -0.493 e. The Balaban J connectivity index is 2.38. The fourth-order valence-electron chi connectivity index (χ4n) is 2.51. The van der Waals surface area contributed by atoms with Gasteiger partial charge in [0.1, 0.15) is 11.2 Å². The number of alkyl halides is 3. The van der Waals surface area contributed by atoms with E-state index in [1.54, 1.807) is 12.1 Å². The van der Waals surface area contributed by atoms with Crippen LogP contribution in [0.25, 0.3) is 0 Å². The molecule has 6 heteroatoms. The zero-order valence-electron chi connectivity index (χ0n) is 11.8. The number of benzene rings is 1. The van der Waals surface area contributed by atoms with Gasteiger partial charge < -0.3 is 10.1 Å². The first-order chi connectivity index (χ1) is 9.92. The monoisotopic (exact) mass is 301 g/mol. The topological polar surface area (TPSA) is 38.3 Å². The number of rotatable bonds is 5. The number of Topliss-reactive ketones (excluding diaryl/α,β-unsaturated/α-hetero) is 1. The van der Waals surface area contributed by atoms with Crippen molar-refractivity contribution in [3.05, 3.63) is 29.8 Å². The lowest BCUT2D eigenvalue weighted by Crippen LogP contribution is -2.46. The molecule has 1 fully saturated rings. The first kappa shape index (κ1) is 15.8. The molecular weight excluding hydrogens is 283 g/mol. The lowest BCUT2D eigenvalue weighted by atomic mass is 9.78. The molecule has 1 saturated heterocycles. The van der Waals surface area contributed by atoms with Crippen LogP contribution in [0.5, 0.6) is 5.75 Å². The molecule has 21 heavy (non-hydrogen) atoms. The molecule has 1 N–H and O–H groups in total. The highest BCUT2D eigenvalue weighted by molar-refractivity contribution is 6.03. The standard InChI is InChI=1S/C15H18F3NO2/c1-2-9-21-12-6-4-3-5-11(12)13(20)14(15(16,17)18)7-8-19-10-14/h3-6,19H,2,7-10H2,1H3. The summed E-state index contributed by atoms with van der Waals surface area (Å²) in [7, 11) is 0. The number of ether oxygens (including phenoxy) is 1. The van der Waals surface area contributed by atoms with Crippen molar-refractivity contribution in [2.75, 3.05) is 19.7 Å². The largest absolute Gasteiger partial charge is 0.493 e. The summed E-state index contributed by atoms with van der Waals surface area (Å²) < 4.78 is 45.7. The molecule has 0 saturated carbocycles. The minimum atomic E-state index is -4.58. The first-order valence-electron chi connectivity index (χ1n) is 6.96. The Morgan fingerprint density at radius 3 is 2.67 bits per heavy atom. The minimum absolute atomic E-state index is 0.00646. The fraction of sp³-hybridized carbons (Fsp3) is 0.533. The number of hydrogen-bond acceptors (Lipinski definition) is 3. The molecule has 0 aliphatic carbocycles. The summed E-state index contributed by atoms with van der Waals surface area (Å²) >= 11 is 0. The Morgan fingerprint density at radius 2 is 2.10 bits per heavy atom. The van der Waals surface area contributed by atoms with Crippen molar-refractivity contribution in [1.29, 1.82) is 0 Å². The Kier molecular flexibility index (Phi) is 4.56. The average Bonchev–Trinajstić information content (AvgIpc) is 2.95. The molecule has 0 radical (unpaired) electrons. The molecule has 3 nitrogen and oxygen atoms in total. The molecule has 0 spiro atoms. The maximum atomic E-state index is 13.4. The quantitative estimate of drug-likeness (QED) is 0.849. The summed E-state index contributed by atoms with van der Waals surface area (Å²) in [6.07, 6.45) is -4.10. The Morgan fingerprint density at radius 1 is 1.38 bits per heavy atom. The number of para-hydroxylation sites is 1. The van der Waals surface area contributed by atoms with Gasteiger partial charge in [0.15, 0.2) is 5.78 Å². The molecular formula is C15H18F3NO2. The highest BCUT2D eigenvalue weighted by Crippen LogP contribution is 2.46. The van der Waals surface area contributed by atoms with Gasteiger partial charge in [0, 0.05) is 6.54 Å². The van der Waals surface area contributed by atoms with E-state index in [1.165, 1.54) is 12.1 Å². The Hall–Kier alpha value is -1.56. The third-order valence-electron chi connectivity index (χ3n) is 3.73. The third kappa shape index (κ3) is 2.90. The van der Waals surface area contributed by atoms with Crippen molar-refractivity contribution in [3.63, 3.8) is 0 Å². The van der Waals surface area contributed by atoms with E-state index in [0.717, 1.165) is 0 Å². The fourth-order valence-corrected chi connectivity index (χ4v) is 2.51. The molecule has 1 atom stereocenters. The smallest absolute Gasteiger partial charge is 0.402 e. The van der Waals surface area contributed by atoms with Crippen LogP contribution >= 0.6 is 0 Å². The van der Waals surface area contributed by atoms with Crippen LogP contribution in [0.1, 0.15) is 30.1 Å². The van der Waals surface area contributed by atoms with E-state index >= 15 is 0 Å². The van der Waals surface area contributed by atoms with Crippen LogP contribution in [0, 0.1) is 5.41 Å². The van der Waals surface area contributed by atoms with Crippen LogP contribution in [0.15, 0.2) is 24.3 Å². The van der Waals surface area contributed by atoms with Crippen molar-refractivity contribution in [3.8, 4) is 5.75 Å². The highest BCUT2D eigenvalue weighted by Gasteiger charge is 2.61. The number of halogens is 3. The van der Waals surface area contributed by atoms with Crippen molar-refractivity contribution >= 4 is 5.78 Å². The molecule has 0 bridgehead atoms. The summed E-state index contributed by atoms with van der Waals surface area (Å²) in [6.45, 7) is 2.06. The molecule has 1 aromatic rings. The van der Waals surface area contributed by atoms with Gasteiger partial charge in [-0.1, -0.05) is 19.1 Å². The predicted molar refractivity (Wildman–Crippen MR) is 72.5 cm³/mol. The molecule has 2 rings (SSSR count). The highest BCUT2D eigenvalue weighted by atomic mass is 19.4. The lowest BCUT2D eigenvalue weighted by molar-refractivity contribution is -0.197. The number of ketones is 1. The van der Waals surface area contributed by atoms with Gasteiger partial charge in [-0.3, -0.25) is 4.79 Å². The summed E-state index contributed by atoms with van der Waals surface area (Å²) in [6, 6.07) is 6.14. The van der Waals surface area contributed by atoms with E-state index in [9.17, 15) is 18.0 Å². The molecule has 1 aromatic carbocycles. The first-order valence-corrected chi connectivity index (χ1v) is 6.96. The zero-order valence-corrected chi connectivity index (χ0v) is 11.8. The predicted octanol–water partition coefficient (Wildman–Crippen LogP) is 3.20. The van der Waals surface area contributed by atoms with Gasteiger partial charge in [-0.25, -0.2) is 0 Å². The maximum Gasteiger partial charge on any atom is 0.402 e. The number of carbonyl (C=O) groups excluding carboxylic acids is 1. The maximum absolute atomic E-state index is 13.4. The number of nitrogens with one attached hydrogen (secondary N) is 1. The van der Waals surface area contributed by atoms with Crippen LogP contribution in [0.4, 0.5) is 13.2 Å². The van der Waals surface area contributed by atoms with Gasteiger partial charge in [-0.05, 0) is 31.5 Å². The summed E-state index contributed by atoms with van der Waals surface area (Å²) in [5, 5.41) is 2.65. The van der Waals surface area contributed by atoms with Crippen molar-refractivity contribution < 1.29 is 22.7 Å². The van der Waals surface area contributed by atoms with E-state index in [-0.39, 0.29) is 30.8 Å². The van der Waals surface area contributed by atoms with Gasteiger partial charge in [0.25, 0.3) is 0 Å². The molecule has 116 valence electrons. The third-order valence-corrected chi connectivity index (χ3v) is 3.73. The van der Waals surface area contributed by atoms with Gasteiger partial charge in [-0.15, -0.1) is 0 Å². The van der Waals surface area contributed by atoms with E-state index in [2.05, 4.69) is 5.32 Å². The van der Waals surface area contributed by atoms with Gasteiger partial charge in [0.2, 0.25) is 0 Å². The Bertz CT molecular complexity index is 508. The van der Waals surface area contributed by atoms with Crippen LogP contribution < -0.4 is 10.1 Å². The van der Waals surface area contributed by atoms with Crippen molar-refractivity contribution in [2.45, 2.75) is 25.9 Å². The number of carbonyl (C=O) groups is 1. The van der Waals surface area contributed by atoms with Gasteiger partial charge in [-0.2, -0.15) is 13.2 Å². The van der Waals surface area contributed by atoms with Gasteiger partial charge >= 0.3 is 6.18 Å². The average molecular weight is 301 g/mol. The van der Waals surface area contributed by atoms with Gasteiger partial charge in [0.05, 0.1) is 12.2 Å². The van der Waals surface area contributed by atoms with E-state index in [4.69, 9.17) is 4.74 Å². The summed E-state index contributed by atoms with van der Waals surface area (Å²) in [5.41, 5.74) is -2.34. The van der Waals surface area contributed by atoms with Crippen molar-refractivity contribution in [2.24, 2.45) is 5.41 Å². The van der Waals surface area contributed by atoms with Crippen LogP contribution in [0.2, 0.25) is 0 Å². The Labute approximate surface area is 121 Å². The SMILES string of the molecule is CCCOc1ccccc1C(=O)C1(C(F)(F)F)CCNC1. The van der Waals surface area contributed by atoms with Crippen molar-refractivity contribution in [1.82, 2.24) is 5.32 Å². The van der Waals surface area contributed by atoms with E-state index in [1.807, 2.05) is 6.92 Å². The normalized spacial score (nSPS) is 22.3. The molecule has 0 amide bonds. The molecule has 1 aliphatic rings. The number of hydrogen-bond donors (Lipinski definition) is 1. The molecule has 1 heterocycles. The summed E-state index contributed by atoms with van der Waals surface area (Å²) in [5.74, 6) is -0.688. The summed E-state index contributed by atoms with van der Waals surface area (Å²) in [4.78, 5) is 12.6.